The van der Waals surface area contributed by atoms with Crippen molar-refractivity contribution in [3.63, 3.8) is 0 Å². The molecule has 0 aliphatic heterocycles. The lowest BCUT2D eigenvalue weighted by molar-refractivity contribution is -0.385. The first kappa shape index (κ1) is 14.1. The first-order chi connectivity index (χ1) is 9.09. The Hall–Kier alpha value is -1.34. The molecule has 2 aromatic rings. The molecule has 0 aliphatic rings. The predicted molar refractivity (Wildman–Crippen MR) is 84.6 cm³/mol. The monoisotopic (exact) mass is 388 g/mol. The van der Waals surface area contributed by atoms with Gasteiger partial charge < -0.3 is 5.32 Å². The predicted octanol–water partition coefficient (Wildman–Crippen LogP) is 4.46. The van der Waals surface area contributed by atoms with Gasteiger partial charge in [0.15, 0.2) is 0 Å². The molecule has 0 saturated carbocycles. The lowest BCUT2D eigenvalue weighted by Gasteiger charge is -2.10. The van der Waals surface area contributed by atoms with Gasteiger partial charge in [-0.25, -0.2) is 0 Å². The fourth-order valence-electron chi connectivity index (χ4n) is 1.68. The van der Waals surface area contributed by atoms with Crippen LogP contribution >= 0.6 is 34.2 Å². The summed E-state index contributed by atoms with van der Waals surface area (Å²) >= 11 is 8.24. The smallest absolute Gasteiger partial charge is 0.275 e. The van der Waals surface area contributed by atoms with Gasteiger partial charge in [-0.05, 0) is 40.8 Å². The summed E-state index contributed by atoms with van der Waals surface area (Å²) in [5, 5.41) is 14.5. The van der Waals surface area contributed by atoms with Crippen molar-refractivity contribution in [1.82, 2.24) is 0 Å². The molecule has 6 heteroatoms. The van der Waals surface area contributed by atoms with Gasteiger partial charge >= 0.3 is 0 Å². The maximum absolute atomic E-state index is 11.0. The van der Waals surface area contributed by atoms with Gasteiger partial charge in [0, 0.05) is 21.9 Å². The number of hydrogen-bond acceptors (Lipinski definition) is 3. The number of nitro groups is 1. The van der Waals surface area contributed by atoms with Gasteiger partial charge in [0.05, 0.1) is 15.5 Å². The van der Waals surface area contributed by atoms with E-state index in [4.69, 9.17) is 11.6 Å². The molecule has 0 saturated heterocycles. The number of benzene rings is 2. The van der Waals surface area contributed by atoms with Crippen LogP contribution in [0.3, 0.4) is 0 Å². The van der Waals surface area contributed by atoms with Crippen LogP contribution in [0, 0.1) is 13.7 Å². The van der Waals surface area contributed by atoms with Crippen LogP contribution in [0.2, 0.25) is 5.02 Å². The number of rotatable bonds is 4. The van der Waals surface area contributed by atoms with Crippen molar-refractivity contribution in [3.8, 4) is 0 Å². The molecule has 0 atom stereocenters. The third-order valence-electron chi connectivity index (χ3n) is 2.62. The Morgan fingerprint density at radius 1 is 1.21 bits per heavy atom. The Labute approximate surface area is 129 Å². The van der Waals surface area contributed by atoms with E-state index in [2.05, 4.69) is 27.9 Å². The summed E-state index contributed by atoms with van der Waals surface area (Å²) in [6.07, 6.45) is 0. The van der Waals surface area contributed by atoms with Crippen molar-refractivity contribution in [2.24, 2.45) is 0 Å². The lowest BCUT2D eigenvalue weighted by atomic mass is 10.1. The molecule has 0 heterocycles. The molecule has 0 spiro atoms. The third-order valence-corrected chi connectivity index (χ3v) is 3.92. The van der Waals surface area contributed by atoms with Crippen molar-refractivity contribution < 1.29 is 4.92 Å². The highest BCUT2D eigenvalue weighted by molar-refractivity contribution is 14.1. The van der Waals surface area contributed by atoms with Crippen LogP contribution in [0.4, 0.5) is 11.4 Å². The number of halogens is 2. The van der Waals surface area contributed by atoms with Gasteiger partial charge in [-0.15, -0.1) is 0 Å². The second-order valence-corrected chi connectivity index (χ2v) is 5.40. The first-order valence-corrected chi connectivity index (χ1v) is 6.95. The Bertz CT molecular complexity index is 619. The van der Waals surface area contributed by atoms with E-state index in [9.17, 15) is 10.1 Å². The van der Waals surface area contributed by atoms with E-state index in [1.165, 1.54) is 6.07 Å². The summed E-state index contributed by atoms with van der Waals surface area (Å²) in [5.41, 5.74) is 1.46. The quantitative estimate of drug-likeness (QED) is 0.478. The number of hydrogen-bond donors (Lipinski definition) is 1. The van der Waals surface area contributed by atoms with E-state index >= 15 is 0 Å². The van der Waals surface area contributed by atoms with E-state index in [1.807, 2.05) is 24.3 Å². The van der Waals surface area contributed by atoms with Crippen molar-refractivity contribution in [2.75, 3.05) is 5.32 Å². The zero-order valence-corrected chi connectivity index (χ0v) is 12.7. The highest BCUT2D eigenvalue weighted by Gasteiger charge is 2.16. The molecule has 2 rings (SSSR count). The molecule has 0 amide bonds. The molecule has 4 nitrogen and oxygen atoms in total. The van der Waals surface area contributed by atoms with Crippen LogP contribution in [0.5, 0.6) is 0 Å². The SMILES string of the molecule is O=[N+]([O-])c1cccc(Cl)c1CNc1ccccc1I. The number of para-hydroxylation sites is 1. The minimum atomic E-state index is -0.418. The highest BCUT2D eigenvalue weighted by Crippen LogP contribution is 2.27. The summed E-state index contributed by atoms with van der Waals surface area (Å²) in [6.45, 7) is 0.315. The molecule has 0 radical (unpaired) electrons. The molecule has 19 heavy (non-hydrogen) atoms. The standard InChI is InChI=1S/C13H10ClIN2O2/c14-10-4-3-7-13(17(18)19)9(10)8-16-12-6-2-1-5-11(12)15/h1-7,16H,8H2. The minimum Gasteiger partial charge on any atom is -0.380 e. The van der Waals surface area contributed by atoms with E-state index in [1.54, 1.807) is 12.1 Å². The molecule has 0 bridgehead atoms. The summed E-state index contributed by atoms with van der Waals surface area (Å²) in [7, 11) is 0. The maximum Gasteiger partial charge on any atom is 0.275 e. The molecule has 1 N–H and O–H groups in total. The Kier molecular flexibility index (Phi) is 4.60. The Morgan fingerprint density at radius 3 is 2.63 bits per heavy atom. The Morgan fingerprint density at radius 2 is 1.95 bits per heavy atom. The van der Waals surface area contributed by atoms with Gasteiger partial charge in [-0.2, -0.15) is 0 Å². The second-order valence-electron chi connectivity index (χ2n) is 3.83. The van der Waals surface area contributed by atoms with E-state index in [0.29, 0.717) is 17.1 Å². The topological polar surface area (TPSA) is 55.2 Å². The fourth-order valence-corrected chi connectivity index (χ4v) is 2.50. The van der Waals surface area contributed by atoms with Gasteiger partial charge in [-0.1, -0.05) is 29.8 Å². The third kappa shape index (κ3) is 3.36. The van der Waals surface area contributed by atoms with Gasteiger partial charge in [0.1, 0.15) is 0 Å². The summed E-state index contributed by atoms with van der Waals surface area (Å²) < 4.78 is 1.05. The van der Waals surface area contributed by atoms with E-state index in [-0.39, 0.29) is 5.69 Å². The molecular formula is C13H10ClIN2O2. The Balaban J connectivity index is 2.25. The summed E-state index contributed by atoms with van der Waals surface area (Å²) in [5.74, 6) is 0. The average Bonchev–Trinajstić information content (AvgIpc) is 2.38. The van der Waals surface area contributed by atoms with Gasteiger partial charge in [0.2, 0.25) is 0 Å². The molecule has 0 fully saturated rings. The largest absolute Gasteiger partial charge is 0.380 e. The average molecular weight is 389 g/mol. The summed E-state index contributed by atoms with van der Waals surface area (Å²) in [6, 6.07) is 12.4. The fraction of sp³-hybridized carbons (Fsp3) is 0.0769. The lowest BCUT2D eigenvalue weighted by Crippen LogP contribution is -2.04. The van der Waals surface area contributed by atoms with Crippen LogP contribution < -0.4 is 5.32 Å². The van der Waals surface area contributed by atoms with Crippen molar-refractivity contribution in [1.29, 1.82) is 0 Å². The molecule has 0 unspecified atom stereocenters. The molecule has 98 valence electrons. The van der Waals surface area contributed by atoms with Gasteiger partial charge in [0.25, 0.3) is 5.69 Å². The summed E-state index contributed by atoms with van der Waals surface area (Å²) in [4.78, 5) is 10.6. The number of nitrogens with zero attached hydrogens (tertiary/aromatic N) is 1. The van der Waals surface area contributed by atoms with Crippen molar-refractivity contribution in [2.45, 2.75) is 6.54 Å². The van der Waals surface area contributed by atoms with Crippen LogP contribution in [0.25, 0.3) is 0 Å². The van der Waals surface area contributed by atoms with E-state index in [0.717, 1.165) is 9.26 Å². The number of nitrogens with one attached hydrogen (secondary N) is 1. The normalized spacial score (nSPS) is 10.2. The zero-order chi connectivity index (χ0) is 13.8. The minimum absolute atomic E-state index is 0.0333. The van der Waals surface area contributed by atoms with Crippen molar-refractivity contribution >= 4 is 45.6 Å². The van der Waals surface area contributed by atoms with Crippen LogP contribution in [0.15, 0.2) is 42.5 Å². The highest BCUT2D eigenvalue weighted by atomic mass is 127. The maximum atomic E-state index is 11.0. The van der Waals surface area contributed by atoms with Gasteiger partial charge in [-0.3, -0.25) is 10.1 Å². The van der Waals surface area contributed by atoms with Crippen LogP contribution in [-0.2, 0) is 6.54 Å². The molecule has 0 aromatic heterocycles. The van der Waals surface area contributed by atoms with Crippen molar-refractivity contribution in [3.05, 3.63) is 66.7 Å². The molecule has 0 aliphatic carbocycles. The van der Waals surface area contributed by atoms with E-state index < -0.39 is 4.92 Å². The molecular weight excluding hydrogens is 379 g/mol. The van der Waals surface area contributed by atoms with Crippen LogP contribution in [-0.4, -0.2) is 4.92 Å². The molecule has 2 aromatic carbocycles. The number of nitro benzene ring substituents is 1. The number of anilines is 1. The first-order valence-electron chi connectivity index (χ1n) is 5.50. The second kappa shape index (κ2) is 6.21. The van der Waals surface area contributed by atoms with Crippen LogP contribution in [0.1, 0.15) is 5.56 Å². The zero-order valence-electron chi connectivity index (χ0n) is 9.77.